The number of benzene rings is 1. The summed E-state index contributed by atoms with van der Waals surface area (Å²) in [7, 11) is 1.69. The molecule has 2 rings (SSSR count). The van der Waals surface area contributed by atoms with E-state index in [1.54, 1.807) is 11.9 Å². The SMILES string of the molecule is Cc1ccccc1[C@@H]1[C@@H](C(=O)NCCCO)OCC(=O)N1C. The Balaban J connectivity index is 2.25. The Morgan fingerprint density at radius 3 is 2.86 bits per heavy atom. The van der Waals surface area contributed by atoms with Crippen molar-refractivity contribution in [3.8, 4) is 0 Å². The van der Waals surface area contributed by atoms with Crippen LogP contribution in [0.5, 0.6) is 0 Å². The third kappa shape index (κ3) is 3.45. The summed E-state index contributed by atoms with van der Waals surface area (Å²) in [5, 5.41) is 11.5. The molecule has 1 saturated heterocycles. The number of nitrogens with zero attached hydrogens (tertiary/aromatic N) is 1. The molecule has 120 valence electrons. The number of nitrogens with one attached hydrogen (secondary N) is 1. The zero-order valence-corrected chi connectivity index (χ0v) is 12.9. The molecule has 0 unspecified atom stereocenters. The maximum Gasteiger partial charge on any atom is 0.251 e. The van der Waals surface area contributed by atoms with Crippen LogP contribution >= 0.6 is 0 Å². The normalized spacial score (nSPS) is 21.8. The first-order valence-electron chi connectivity index (χ1n) is 7.37. The molecular weight excluding hydrogens is 284 g/mol. The van der Waals surface area contributed by atoms with E-state index in [2.05, 4.69) is 5.32 Å². The van der Waals surface area contributed by atoms with Crippen LogP contribution in [-0.2, 0) is 14.3 Å². The molecule has 2 N–H and O–H groups in total. The molecule has 0 saturated carbocycles. The van der Waals surface area contributed by atoms with E-state index in [0.29, 0.717) is 13.0 Å². The second kappa shape index (κ2) is 7.38. The highest BCUT2D eigenvalue weighted by Crippen LogP contribution is 2.31. The molecule has 1 fully saturated rings. The average molecular weight is 306 g/mol. The summed E-state index contributed by atoms with van der Waals surface area (Å²) in [6.45, 7) is 2.25. The molecule has 1 aliphatic rings. The topological polar surface area (TPSA) is 78.9 Å². The molecule has 1 aromatic carbocycles. The van der Waals surface area contributed by atoms with Crippen molar-refractivity contribution < 1.29 is 19.4 Å². The monoisotopic (exact) mass is 306 g/mol. The van der Waals surface area contributed by atoms with E-state index in [-0.39, 0.29) is 25.0 Å². The van der Waals surface area contributed by atoms with Gasteiger partial charge in [-0.3, -0.25) is 9.59 Å². The van der Waals surface area contributed by atoms with Crippen LogP contribution < -0.4 is 5.32 Å². The van der Waals surface area contributed by atoms with Crippen molar-refractivity contribution in [2.75, 3.05) is 26.8 Å². The summed E-state index contributed by atoms with van der Waals surface area (Å²) < 4.78 is 5.51. The van der Waals surface area contributed by atoms with E-state index in [4.69, 9.17) is 9.84 Å². The molecule has 6 heteroatoms. The number of rotatable bonds is 5. The van der Waals surface area contributed by atoms with Crippen molar-refractivity contribution in [1.29, 1.82) is 0 Å². The maximum atomic E-state index is 12.4. The minimum absolute atomic E-state index is 0.0193. The lowest BCUT2D eigenvalue weighted by Gasteiger charge is -2.38. The molecule has 22 heavy (non-hydrogen) atoms. The van der Waals surface area contributed by atoms with Gasteiger partial charge in [-0.15, -0.1) is 0 Å². The zero-order chi connectivity index (χ0) is 16.1. The van der Waals surface area contributed by atoms with Gasteiger partial charge >= 0.3 is 0 Å². The first-order valence-corrected chi connectivity index (χ1v) is 7.37. The van der Waals surface area contributed by atoms with Crippen LogP contribution in [0.1, 0.15) is 23.6 Å². The van der Waals surface area contributed by atoms with Crippen molar-refractivity contribution in [3.63, 3.8) is 0 Å². The number of likely N-dealkylation sites (N-methyl/N-ethyl adjacent to an activating group) is 1. The van der Waals surface area contributed by atoms with Gasteiger partial charge in [-0.05, 0) is 24.5 Å². The highest BCUT2D eigenvalue weighted by Gasteiger charge is 2.40. The van der Waals surface area contributed by atoms with Crippen molar-refractivity contribution in [3.05, 3.63) is 35.4 Å². The second-order valence-corrected chi connectivity index (χ2v) is 5.41. The summed E-state index contributed by atoms with van der Waals surface area (Å²) >= 11 is 0. The van der Waals surface area contributed by atoms with Gasteiger partial charge in [0.05, 0.1) is 6.04 Å². The quantitative estimate of drug-likeness (QED) is 0.772. The Morgan fingerprint density at radius 2 is 2.18 bits per heavy atom. The van der Waals surface area contributed by atoms with Gasteiger partial charge in [-0.25, -0.2) is 0 Å². The Bertz CT molecular complexity index is 547. The van der Waals surface area contributed by atoms with Crippen LogP contribution in [0.2, 0.25) is 0 Å². The minimum atomic E-state index is -0.748. The number of carbonyl (C=O) groups excluding carboxylic acids is 2. The molecule has 1 aliphatic heterocycles. The standard InChI is InChI=1S/C16H22N2O4/c1-11-6-3-4-7-12(11)14-15(16(21)17-8-5-9-19)22-10-13(20)18(14)2/h3-4,6-7,14-15,19H,5,8-10H2,1-2H3,(H,17,21)/t14-,15+/m1/s1. The van der Waals surface area contributed by atoms with Crippen molar-refractivity contribution in [1.82, 2.24) is 10.2 Å². The van der Waals surface area contributed by atoms with Crippen molar-refractivity contribution in [2.45, 2.75) is 25.5 Å². The Morgan fingerprint density at radius 1 is 1.45 bits per heavy atom. The lowest BCUT2D eigenvalue weighted by molar-refractivity contribution is -0.162. The van der Waals surface area contributed by atoms with Crippen LogP contribution in [0.25, 0.3) is 0 Å². The number of aryl methyl sites for hydroxylation is 1. The van der Waals surface area contributed by atoms with Gasteiger partial charge in [-0.1, -0.05) is 24.3 Å². The van der Waals surface area contributed by atoms with E-state index in [1.165, 1.54) is 0 Å². The van der Waals surface area contributed by atoms with Crippen LogP contribution in [0, 0.1) is 6.92 Å². The number of aliphatic hydroxyl groups is 1. The highest BCUT2D eigenvalue weighted by atomic mass is 16.5. The fourth-order valence-electron chi connectivity index (χ4n) is 2.61. The Hall–Kier alpha value is -1.92. The van der Waals surface area contributed by atoms with Gasteiger partial charge in [0.1, 0.15) is 6.61 Å². The smallest absolute Gasteiger partial charge is 0.251 e. The average Bonchev–Trinajstić information content (AvgIpc) is 2.51. The Kier molecular flexibility index (Phi) is 5.51. The second-order valence-electron chi connectivity index (χ2n) is 5.41. The van der Waals surface area contributed by atoms with E-state index >= 15 is 0 Å². The van der Waals surface area contributed by atoms with Crippen LogP contribution in [0.3, 0.4) is 0 Å². The number of hydrogen-bond donors (Lipinski definition) is 2. The molecule has 2 amide bonds. The van der Waals surface area contributed by atoms with Gasteiger partial charge in [0.15, 0.2) is 6.10 Å². The van der Waals surface area contributed by atoms with Gasteiger partial charge in [0.25, 0.3) is 5.91 Å². The van der Waals surface area contributed by atoms with Crippen molar-refractivity contribution in [2.24, 2.45) is 0 Å². The van der Waals surface area contributed by atoms with E-state index in [9.17, 15) is 9.59 Å². The first-order chi connectivity index (χ1) is 10.6. The number of aliphatic hydroxyl groups excluding tert-OH is 1. The van der Waals surface area contributed by atoms with E-state index in [1.807, 2.05) is 31.2 Å². The lowest BCUT2D eigenvalue weighted by atomic mass is 9.94. The fraction of sp³-hybridized carbons (Fsp3) is 0.500. The number of amides is 2. The predicted octanol–water partition coefficient (Wildman–Crippen LogP) is 0.392. The molecule has 0 aliphatic carbocycles. The first kappa shape index (κ1) is 16.5. The van der Waals surface area contributed by atoms with Crippen LogP contribution in [0.4, 0.5) is 0 Å². The van der Waals surface area contributed by atoms with Crippen molar-refractivity contribution >= 4 is 11.8 Å². The number of carbonyl (C=O) groups is 2. The van der Waals surface area contributed by atoms with Gasteiger partial charge in [0, 0.05) is 20.2 Å². The summed E-state index contributed by atoms with van der Waals surface area (Å²) in [4.78, 5) is 25.9. The fourth-order valence-corrected chi connectivity index (χ4v) is 2.61. The Labute approximate surface area is 130 Å². The maximum absolute atomic E-state index is 12.4. The summed E-state index contributed by atoms with van der Waals surface area (Å²) in [5.74, 6) is -0.409. The number of ether oxygens (including phenoxy) is 1. The largest absolute Gasteiger partial charge is 0.396 e. The third-order valence-corrected chi connectivity index (χ3v) is 3.88. The van der Waals surface area contributed by atoms with E-state index in [0.717, 1.165) is 11.1 Å². The van der Waals surface area contributed by atoms with Crippen LogP contribution in [0.15, 0.2) is 24.3 Å². The predicted molar refractivity (Wildman–Crippen MR) is 81.1 cm³/mol. The summed E-state index contributed by atoms with van der Waals surface area (Å²) in [5.41, 5.74) is 1.91. The third-order valence-electron chi connectivity index (χ3n) is 3.88. The molecule has 0 radical (unpaired) electrons. The molecule has 0 bridgehead atoms. The van der Waals surface area contributed by atoms with Gasteiger partial charge in [0.2, 0.25) is 5.91 Å². The molecule has 2 atom stereocenters. The minimum Gasteiger partial charge on any atom is -0.396 e. The highest BCUT2D eigenvalue weighted by molar-refractivity contribution is 5.86. The number of morpholine rings is 1. The lowest BCUT2D eigenvalue weighted by Crippen LogP contribution is -2.53. The summed E-state index contributed by atoms with van der Waals surface area (Å²) in [6, 6.07) is 7.21. The molecule has 0 aromatic heterocycles. The zero-order valence-electron chi connectivity index (χ0n) is 12.9. The molecule has 0 spiro atoms. The molecule has 6 nitrogen and oxygen atoms in total. The molecule has 1 heterocycles. The molecular formula is C16H22N2O4. The van der Waals surface area contributed by atoms with Gasteiger partial charge < -0.3 is 20.1 Å². The van der Waals surface area contributed by atoms with E-state index < -0.39 is 12.1 Å². The number of hydrogen-bond acceptors (Lipinski definition) is 4. The molecule has 1 aromatic rings. The van der Waals surface area contributed by atoms with Crippen LogP contribution in [-0.4, -0.2) is 54.7 Å². The summed E-state index contributed by atoms with van der Waals surface area (Å²) in [6.07, 6.45) is -0.259. The van der Waals surface area contributed by atoms with Gasteiger partial charge in [-0.2, -0.15) is 0 Å².